The summed E-state index contributed by atoms with van der Waals surface area (Å²) in [4.78, 5) is 26.9. The largest absolute Gasteiger partial charge is 0.496 e. The molecule has 0 aliphatic rings. The zero-order chi connectivity index (χ0) is 16.4. The molecule has 0 radical (unpaired) electrons. The van der Waals surface area contributed by atoms with Crippen LogP contribution in [-0.4, -0.2) is 22.9 Å². The lowest BCUT2D eigenvalue weighted by Gasteiger charge is -2.06. The Morgan fingerprint density at radius 3 is 2.83 bits per heavy atom. The third-order valence-corrected chi connectivity index (χ3v) is 4.09. The number of benzene rings is 2. The first-order valence-corrected chi connectivity index (χ1v) is 7.39. The van der Waals surface area contributed by atoms with Crippen LogP contribution >= 0.6 is 11.3 Å². The summed E-state index contributed by atoms with van der Waals surface area (Å²) in [5, 5.41) is 13.9. The second kappa shape index (κ2) is 6.01. The molecule has 0 aliphatic heterocycles. The fourth-order valence-electron chi connectivity index (χ4n) is 2.08. The van der Waals surface area contributed by atoms with E-state index in [0.717, 1.165) is 0 Å². The van der Waals surface area contributed by atoms with Gasteiger partial charge in [-0.25, -0.2) is 4.98 Å². The quantitative estimate of drug-likeness (QED) is 0.584. The number of carbonyl (C=O) groups excluding carboxylic acids is 1. The SMILES string of the molecule is COc1ccccc1C(=O)Nc1nc2ccc([N+](=O)[O-])cc2s1. The highest BCUT2D eigenvalue weighted by Crippen LogP contribution is 2.30. The summed E-state index contributed by atoms with van der Waals surface area (Å²) in [5.74, 6) is 0.109. The molecule has 3 rings (SSSR count). The number of para-hydroxylation sites is 1. The van der Waals surface area contributed by atoms with Gasteiger partial charge in [-0.3, -0.25) is 20.2 Å². The standard InChI is InChI=1S/C15H11N3O4S/c1-22-12-5-3-2-4-10(12)14(19)17-15-16-11-7-6-9(18(20)21)8-13(11)23-15/h2-8H,1H3,(H,16,17,19). The third kappa shape index (κ3) is 2.97. The molecule has 7 nitrogen and oxygen atoms in total. The molecular weight excluding hydrogens is 318 g/mol. The fourth-order valence-corrected chi connectivity index (χ4v) is 2.97. The number of hydrogen-bond acceptors (Lipinski definition) is 6. The maximum atomic E-state index is 12.3. The molecule has 0 fully saturated rings. The highest BCUT2D eigenvalue weighted by Gasteiger charge is 2.15. The Kier molecular flexibility index (Phi) is 3.90. The van der Waals surface area contributed by atoms with Crippen molar-refractivity contribution < 1.29 is 14.5 Å². The molecule has 0 spiro atoms. The van der Waals surface area contributed by atoms with Gasteiger partial charge in [-0.05, 0) is 18.2 Å². The first-order valence-electron chi connectivity index (χ1n) is 6.58. The number of anilines is 1. The fraction of sp³-hybridized carbons (Fsp3) is 0.0667. The molecule has 0 saturated heterocycles. The normalized spacial score (nSPS) is 10.5. The molecule has 0 atom stereocenters. The minimum absolute atomic E-state index is 0.0104. The molecule has 1 N–H and O–H groups in total. The van der Waals surface area contributed by atoms with Gasteiger partial charge in [-0.2, -0.15) is 0 Å². The molecule has 2 aromatic carbocycles. The Hall–Kier alpha value is -3.00. The molecule has 1 amide bonds. The molecule has 0 bridgehead atoms. The van der Waals surface area contributed by atoms with Crippen molar-refractivity contribution in [2.75, 3.05) is 12.4 Å². The monoisotopic (exact) mass is 329 g/mol. The average molecular weight is 329 g/mol. The van der Waals surface area contributed by atoms with Crippen LogP contribution in [0.3, 0.4) is 0 Å². The predicted molar refractivity (Wildman–Crippen MR) is 87.2 cm³/mol. The number of thiazole rings is 1. The van der Waals surface area contributed by atoms with E-state index in [2.05, 4.69) is 10.3 Å². The van der Waals surface area contributed by atoms with Gasteiger partial charge < -0.3 is 4.74 Å². The first-order chi connectivity index (χ1) is 11.1. The van der Waals surface area contributed by atoms with Crippen LogP contribution in [0.25, 0.3) is 10.2 Å². The number of nitro groups is 1. The molecule has 3 aromatic rings. The summed E-state index contributed by atoms with van der Waals surface area (Å²) in [7, 11) is 1.49. The maximum Gasteiger partial charge on any atom is 0.270 e. The lowest BCUT2D eigenvalue weighted by molar-refractivity contribution is -0.384. The molecule has 23 heavy (non-hydrogen) atoms. The Labute approximate surface area is 134 Å². The summed E-state index contributed by atoms with van der Waals surface area (Å²) in [6.45, 7) is 0. The Morgan fingerprint density at radius 1 is 1.30 bits per heavy atom. The second-order valence-electron chi connectivity index (χ2n) is 4.58. The van der Waals surface area contributed by atoms with E-state index in [0.29, 0.717) is 26.7 Å². The number of nitro benzene ring substituents is 1. The second-order valence-corrected chi connectivity index (χ2v) is 5.61. The molecule has 0 aliphatic carbocycles. The Morgan fingerprint density at radius 2 is 2.09 bits per heavy atom. The number of fused-ring (bicyclic) bond motifs is 1. The Bertz CT molecular complexity index is 907. The van der Waals surface area contributed by atoms with Gasteiger partial charge in [0.05, 0.1) is 27.8 Å². The van der Waals surface area contributed by atoms with Crippen LogP contribution in [0.2, 0.25) is 0 Å². The van der Waals surface area contributed by atoms with E-state index in [-0.39, 0.29) is 11.6 Å². The van der Waals surface area contributed by atoms with E-state index in [1.54, 1.807) is 30.3 Å². The highest BCUT2D eigenvalue weighted by molar-refractivity contribution is 7.22. The van der Waals surface area contributed by atoms with Crippen molar-refractivity contribution in [1.29, 1.82) is 0 Å². The van der Waals surface area contributed by atoms with Crippen molar-refractivity contribution in [2.45, 2.75) is 0 Å². The Balaban J connectivity index is 1.89. The van der Waals surface area contributed by atoms with Crippen molar-refractivity contribution in [3.63, 3.8) is 0 Å². The number of nitrogens with one attached hydrogen (secondary N) is 1. The molecule has 0 unspecified atom stereocenters. The number of amides is 1. The number of hydrogen-bond donors (Lipinski definition) is 1. The zero-order valence-electron chi connectivity index (χ0n) is 12.0. The molecule has 8 heteroatoms. The zero-order valence-corrected chi connectivity index (χ0v) is 12.8. The molecule has 1 aromatic heterocycles. The molecule has 116 valence electrons. The van der Waals surface area contributed by atoms with Crippen LogP contribution in [0, 0.1) is 10.1 Å². The lowest BCUT2D eigenvalue weighted by atomic mass is 10.2. The van der Waals surface area contributed by atoms with E-state index in [9.17, 15) is 14.9 Å². The third-order valence-electron chi connectivity index (χ3n) is 3.15. The lowest BCUT2D eigenvalue weighted by Crippen LogP contribution is -2.12. The first kappa shape index (κ1) is 14.9. The van der Waals surface area contributed by atoms with Crippen molar-refractivity contribution in [3.05, 3.63) is 58.1 Å². The van der Waals surface area contributed by atoms with Gasteiger partial charge in [-0.1, -0.05) is 23.5 Å². The van der Waals surface area contributed by atoms with Gasteiger partial charge in [0.15, 0.2) is 5.13 Å². The summed E-state index contributed by atoms with van der Waals surface area (Å²) in [6.07, 6.45) is 0. The smallest absolute Gasteiger partial charge is 0.270 e. The number of ether oxygens (including phenoxy) is 1. The van der Waals surface area contributed by atoms with E-state index < -0.39 is 4.92 Å². The summed E-state index contributed by atoms with van der Waals surface area (Å²) in [5.41, 5.74) is 0.972. The topological polar surface area (TPSA) is 94.4 Å². The number of non-ortho nitro benzene ring substituents is 1. The van der Waals surface area contributed by atoms with Gasteiger partial charge in [0.1, 0.15) is 5.75 Å². The molecular formula is C15H11N3O4S. The van der Waals surface area contributed by atoms with E-state index in [4.69, 9.17) is 4.74 Å². The predicted octanol–water partition coefficient (Wildman–Crippen LogP) is 3.47. The summed E-state index contributed by atoms with van der Waals surface area (Å²) in [6, 6.07) is 11.2. The highest BCUT2D eigenvalue weighted by atomic mass is 32.1. The van der Waals surface area contributed by atoms with Gasteiger partial charge in [-0.15, -0.1) is 0 Å². The van der Waals surface area contributed by atoms with Gasteiger partial charge in [0, 0.05) is 12.1 Å². The van der Waals surface area contributed by atoms with Crippen LogP contribution in [0.15, 0.2) is 42.5 Å². The van der Waals surface area contributed by atoms with Crippen molar-refractivity contribution in [3.8, 4) is 5.75 Å². The van der Waals surface area contributed by atoms with Crippen molar-refractivity contribution in [2.24, 2.45) is 0 Å². The van der Waals surface area contributed by atoms with Crippen molar-refractivity contribution >= 4 is 38.3 Å². The number of methoxy groups -OCH3 is 1. The van der Waals surface area contributed by atoms with Crippen LogP contribution in [0.4, 0.5) is 10.8 Å². The van der Waals surface area contributed by atoms with Crippen LogP contribution in [-0.2, 0) is 0 Å². The summed E-state index contributed by atoms with van der Waals surface area (Å²) >= 11 is 1.18. The minimum atomic E-state index is -0.466. The van der Waals surface area contributed by atoms with E-state index in [1.807, 2.05) is 0 Å². The van der Waals surface area contributed by atoms with E-state index in [1.165, 1.54) is 30.6 Å². The molecule has 0 saturated carbocycles. The van der Waals surface area contributed by atoms with Crippen molar-refractivity contribution in [1.82, 2.24) is 4.98 Å². The number of aromatic nitrogens is 1. The number of carbonyl (C=O) groups is 1. The van der Waals surface area contributed by atoms with Gasteiger partial charge >= 0.3 is 0 Å². The van der Waals surface area contributed by atoms with Gasteiger partial charge in [0.2, 0.25) is 0 Å². The summed E-state index contributed by atoms with van der Waals surface area (Å²) < 4.78 is 5.79. The number of nitrogens with zero attached hydrogens (tertiary/aromatic N) is 2. The minimum Gasteiger partial charge on any atom is -0.496 e. The molecule has 1 heterocycles. The maximum absolute atomic E-state index is 12.3. The van der Waals surface area contributed by atoms with E-state index >= 15 is 0 Å². The van der Waals surface area contributed by atoms with Gasteiger partial charge in [0.25, 0.3) is 11.6 Å². The van der Waals surface area contributed by atoms with Crippen LogP contribution < -0.4 is 10.1 Å². The number of rotatable bonds is 4. The van der Waals surface area contributed by atoms with Crippen LogP contribution in [0.5, 0.6) is 5.75 Å². The average Bonchev–Trinajstić information content (AvgIpc) is 2.95. The van der Waals surface area contributed by atoms with Crippen LogP contribution in [0.1, 0.15) is 10.4 Å².